The molecule has 1 saturated carbocycles. The van der Waals surface area contributed by atoms with Crippen molar-refractivity contribution in [1.82, 2.24) is 0 Å². The van der Waals surface area contributed by atoms with Crippen LogP contribution < -0.4 is 5.73 Å². The summed E-state index contributed by atoms with van der Waals surface area (Å²) in [7, 11) is 0. The SMILES string of the molecule is CC(C)(C)OC(=O)C1CC(O)CC1N. The molecule has 82 valence electrons. The highest BCUT2D eigenvalue weighted by Gasteiger charge is 2.38. The second-order valence-corrected chi connectivity index (χ2v) is 4.93. The first kappa shape index (κ1) is 11.5. The Labute approximate surface area is 84.4 Å². The molecule has 0 aliphatic heterocycles. The summed E-state index contributed by atoms with van der Waals surface area (Å²) in [4.78, 5) is 11.6. The van der Waals surface area contributed by atoms with Gasteiger partial charge in [0, 0.05) is 6.04 Å². The van der Waals surface area contributed by atoms with Gasteiger partial charge < -0.3 is 15.6 Å². The normalized spacial score (nSPS) is 33.1. The Kier molecular flexibility index (Phi) is 3.17. The fraction of sp³-hybridized carbons (Fsp3) is 0.900. The molecule has 0 bridgehead atoms. The van der Waals surface area contributed by atoms with E-state index in [4.69, 9.17) is 10.5 Å². The maximum atomic E-state index is 11.6. The van der Waals surface area contributed by atoms with Gasteiger partial charge in [-0.3, -0.25) is 4.79 Å². The third-order valence-corrected chi connectivity index (χ3v) is 2.30. The lowest BCUT2D eigenvalue weighted by Crippen LogP contribution is -2.35. The summed E-state index contributed by atoms with van der Waals surface area (Å²) in [6.45, 7) is 5.46. The maximum Gasteiger partial charge on any atom is 0.311 e. The summed E-state index contributed by atoms with van der Waals surface area (Å²) >= 11 is 0. The van der Waals surface area contributed by atoms with E-state index >= 15 is 0 Å². The average molecular weight is 201 g/mol. The summed E-state index contributed by atoms with van der Waals surface area (Å²) in [6.07, 6.45) is 0.461. The first-order chi connectivity index (χ1) is 6.29. The molecule has 1 fully saturated rings. The molecule has 3 atom stereocenters. The van der Waals surface area contributed by atoms with Crippen LogP contribution in [-0.2, 0) is 9.53 Å². The molecular formula is C10H19NO3. The molecule has 0 aromatic carbocycles. The van der Waals surface area contributed by atoms with Gasteiger partial charge in [0.2, 0.25) is 0 Å². The van der Waals surface area contributed by atoms with Crippen molar-refractivity contribution in [1.29, 1.82) is 0 Å². The Balaban J connectivity index is 2.53. The van der Waals surface area contributed by atoms with Gasteiger partial charge in [0.15, 0.2) is 0 Å². The van der Waals surface area contributed by atoms with Crippen LogP contribution >= 0.6 is 0 Å². The number of aliphatic hydroxyl groups excluding tert-OH is 1. The van der Waals surface area contributed by atoms with E-state index in [1.165, 1.54) is 0 Å². The molecule has 0 aromatic rings. The molecule has 0 heterocycles. The van der Waals surface area contributed by atoms with Gasteiger partial charge in [0.1, 0.15) is 5.60 Å². The molecule has 0 radical (unpaired) electrons. The molecular weight excluding hydrogens is 182 g/mol. The van der Waals surface area contributed by atoms with Gasteiger partial charge in [-0.2, -0.15) is 0 Å². The predicted molar refractivity (Wildman–Crippen MR) is 52.6 cm³/mol. The van der Waals surface area contributed by atoms with Crippen molar-refractivity contribution >= 4 is 5.97 Å². The van der Waals surface area contributed by atoms with E-state index in [0.717, 1.165) is 0 Å². The van der Waals surface area contributed by atoms with Crippen molar-refractivity contribution in [2.24, 2.45) is 11.7 Å². The van der Waals surface area contributed by atoms with Crippen molar-refractivity contribution in [3.8, 4) is 0 Å². The number of nitrogens with two attached hydrogens (primary N) is 1. The molecule has 0 amide bonds. The van der Waals surface area contributed by atoms with Gasteiger partial charge >= 0.3 is 5.97 Å². The third-order valence-electron chi connectivity index (χ3n) is 2.30. The molecule has 4 nitrogen and oxygen atoms in total. The quantitative estimate of drug-likeness (QED) is 0.603. The van der Waals surface area contributed by atoms with Gasteiger partial charge in [-0.05, 0) is 33.6 Å². The zero-order valence-electron chi connectivity index (χ0n) is 8.99. The Morgan fingerprint density at radius 3 is 2.36 bits per heavy atom. The Hall–Kier alpha value is -0.610. The number of carbonyl (C=O) groups is 1. The fourth-order valence-corrected chi connectivity index (χ4v) is 1.69. The second-order valence-electron chi connectivity index (χ2n) is 4.93. The largest absolute Gasteiger partial charge is 0.460 e. The van der Waals surface area contributed by atoms with Crippen molar-refractivity contribution in [2.45, 2.75) is 51.4 Å². The topological polar surface area (TPSA) is 72.5 Å². The standard InChI is InChI=1S/C10H19NO3/c1-10(2,3)14-9(13)7-4-6(12)5-8(7)11/h6-8,12H,4-5,11H2,1-3H3. The van der Waals surface area contributed by atoms with Crippen molar-refractivity contribution in [2.75, 3.05) is 0 Å². The van der Waals surface area contributed by atoms with Gasteiger partial charge in [0.25, 0.3) is 0 Å². The molecule has 0 aromatic heterocycles. The van der Waals surface area contributed by atoms with Crippen molar-refractivity contribution in [3.05, 3.63) is 0 Å². The lowest BCUT2D eigenvalue weighted by molar-refractivity contribution is -0.160. The Bertz CT molecular complexity index is 222. The highest BCUT2D eigenvalue weighted by atomic mass is 16.6. The summed E-state index contributed by atoms with van der Waals surface area (Å²) in [5.74, 6) is -0.634. The van der Waals surface area contributed by atoms with Crippen molar-refractivity contribution in [3.63, 3.8) is 0 Å². The van der Waals surface area contributed by atoms with Crippen LogP contribution in [0.2, 0.25) is 0 Å². The molecule has 0 saturated heterocycles. The lowest BCUT2D eigenvalue weighted by Gasteiger charge is -2.23. The van der Waals surface area contributed by atoms with E-state index in [1.807, 2.05) is 20.8 Å². The van der Waals surface area contributed by atoms with Gasteiger partial charge in [-0.25, -0.2) is 0 Å². The smallest absolute Gasteiger partial charge is 0.311 e. The van der Waals surface area contributed by atoms with Crippen LogP contribution in [0.1, 0.15) is 33.6 Å². The molecule has 0 spiro atoms. The molecule has 3 N–H and O–H groups in total. The van der Waals surface area contributed by atoms with Crippen LogP contribution in [0.4, 0.5) is 0 Å². The average Bonchev–Trinajstić information content (AvgIpc) is 2.26. The minimum atomic E-state index is -0.482. The van der Waals surface area contributed by atoms with Crippen LogP contribution in [0, 0.1) is 5.92 Å². The maximum absolute atomic E-state index is 11.6. The summed E-state index contributed by atoms with van der Waals surface area (Å²) in [6, 6.07) is -0.264. The fourth-order valence-electron chi connectivity index (χ4n) is 1.69. The number of rotatable bonds is 1. The van der Waals surface area contributed by atoms with E-state index in [2.05, 4.69) is 0 Å². The summed E-state index contributed by atoms with van der Waals surface area (Å²) < 4.78 is 5.21. The second kappa shape index (κ2) is 3.87. The number of carbonyl (C=O) groups excluding carboxylic acids is 1. The number of hydrogen-bond acceptors (Lipinski definition) is 4. The van der Waals surface area contributed by atoms with Gasteiger partial charge in [-0.15, -0.1) is 0 Å². The minimum absolute atomic E-state index is 0.264. The Morgan fingerprint density at radius 2 is 2.00 bits per heavy atom. The van der Waals surface area contributed by atoms with Gasteiger partial charge in [-0.1, -0.05) is 0 Å². The van der Waals surface area contributed by atoms with E-state index in [1.54, 1.807) is 0 Å². The van der Waals surface area contributed by atoms with Crippen LogP contribution in [0.5, 0.6) is 0 Å². The number of esters is 1. The minimum Gasteiger partial charge on any atom is -0.460 e. The summed E-state index contributed by atoms with van der Waals surface area (Å²) in [5.41, 5.74) is 5.25. The van der Waals surface area contributed by atoms with E-state index in [-0.39, 0.29) is 17.9 Å². The molecule has 1 rings (SSSR count). The van der Waals surface area contributed by atoms with E-state index in [9.17, 15) is 9.90 Å². The number of aliphatic hydroxyl groups is 1. The first-order valence-corrected chi connectivity index (χ1v) is 4.96. The van der Waals surface area contributed by atoms with E-state index < -0.39 is 11.7 Å². The van der Waals surface area contributed by atoms with Gasteiger partial charge in [0.05, 0.1) is 12.0 Å². The highest BCUT2D eigenvalue weighted by Crippen LogP contribution is 2.27. The lowest BCUT2D eigenvalue weighted by atomic mass is 10.0. The molecule has 1 aliphatic carbocycles. The van der Waals surface area contributed by atoms with Crippen molar-refractivity contribution < 1.29 is 14.6 Å². The van der Waals surface area contributed by atoms with E-state index in [0.29, 0.717) is 12.8 Å². The number of ether oxygens (including phenoxy) is 1. The Morgan fingerprint density at radius 1 is 1.43 bits per heavy atom. The molecule has 1 aliphatic rings. The zero-order valence-corrected chi connectivity index (χ0v) is 8.99. The predicted octanol–water partition coefficient (Wildman–Crippen LogP) is 0.426. The highest BCUT2D eigenvalue weighted by molar-refractivity contribution is 5.74. The van der Waals surface area contributed by atoms with Crippen LogP contribution in [0.3, 0.4) is 0 Å². The third kappa shape index (κ3) is 2.96. The van der Waals surface area contributed by atoms with Crippen LogP contribution in [-0.4, -0.2) is 28.8 Å². The molecule has 14 heavy (non-hydrogen) atoms. The van der Waals surface area contributed by atoms with Crippen LogP contribution in [0.15, 0.2) is 0 Å². The molecule has 3 unspecified atom stereocenters. The monoisotopic (exact) mass is 201 g/mol. The van der Waals surface area contributed by atoms with Crippen LogP contribution in [0.25, 0.3) is 0 Å². The summed E-state index contributed by atoms with van der Waals surface area (Å²) in [5, 5.41) is 9.33. The zero-order chi connectivity index (χ0) is 10.9. The molecule has 4 heteroatoms. The number of hydrogen-bond donors (Lipinski definition) is 2. The first-order valence-electron chi connectivity index (χ1n) is 4.96.